The van der Waals surface area contributed by atoms with Gasteiger partial charge in [0.15, 0.2) is 0 Å². The number of aromatic nitrogens is 3. The van der Waals surface area contributed by atoms with Gasteiger partial charge in [0, 0.05) is 6.07 Å². The Labute approximate surface area is 124 Å². The summed E-state index contributed by atoms with van der Waals surface area (Å²) < 4.78 is 8.34. The van der Waals surface area contributed by atoms with E-state index >= 15 is 0 Å². The smallest absolute Gasteiger partial charge is 0.205 e. The molecule has 0 aliphatic rings. The Balaban J connectivity index is 2.01. The number of imidazole rings is 1. The maximum absolute atomic E-state index is 6.10. The maximum atomic E-state index is 6.10. The third-order valence-electron chi connectivity index (χ3n) is 3.46. The lowest BCUT2D eigenvalue weighted by molar-refractivity contribution is 0.415. The molecule has 4 rings (SSSR count). The zero-order valence-electron chi connectivity index (χ0n) is 11.3. The number of nitrogens with two attached hydrogens (primary N) is 1. The molecule has 0 amide bonds. The number of rotatable bonds is 2. The molecular weight excluding hydrogens is 284 g/mol. The maximum Gasteiger partial charge on any atom is 0.205 e. The molecule has 0 radical (unpaired) electrons. The van der Waals surface area contributed by atoms with E-state index < -0.39 is 0 Å². The summed E-state index contributed by atoms with van der Waals surface area (Å²) in [5.41, 5.74) is 11.7. The summed E-state index contributed by atoms with van der Waals surface area (Å²) in [5, 5.41) is 0. The summed E-state index contributed by atoms with van der Waals surface area (Å²) in [6.07, 6.45) is 0. The van der Waals surface area contributed by atoms with Crippen molar-refractivity contribution < 1.29 is 4.74 Å². The molecule has 0 saturated carbocycles. The van der Waals surface area contributed by atoms with E-state index in [2.05, 4.69) is 16.0 Å². The van der Waals surface area contributed by atoms with Gasteiger partial charge in [-0.25, -0.2) is 9.97 Å². The zero-order chi connectivity index (χ0) is 14.4. The van der Waals surface area contributed by atoms with Gasteiger partial charge in [0.2, 0.25) is 5.95 Å². The van der Waals surface area contributed by atoms with E-state index in [0.29, 0.717) is 5.95 Å². The molecule has 2 aromatic heterocycles. The lowest BCUT2D eigenvalue weighted by Crippen LogP contribution is -2.00. The van der Waals surface area contributed by atoms with Crippen molar-refractivity contribution in [2.45, 2.75) is 0 Å². The molecule has 0 aliphatic carbocycles. The van der Waals surface area contributed by atoms with Crippen LogP contribution in [0.15, 0.2) is 41.9 Å². The van der Waals surface area contributed by atoms with Gasteiger partial charge in [-0.05, 0) is 30.3 Å². The number of thiazole rings is 1. The summed E-state index contributed by atoms with van der Waals surface area (Å²) in [7, 11) is 1.65. The van der Waals surface area contributed by atoms with Gasteiger partial charge >= 0.3 is 0 Å². The summed E-state index contributed by atoms with van der Waals surface area (Å²) in [6, 6.07) is 11.8. The highest BCUT2D eigenvalue weighted by Crippen LogP contribution is 2.28. The van der Waals surface area contributed by atoms with Crippen molar-refractivity contribution in [1.29, 1.82) is 0 Å². The summed E-state index contributed by atoms with van der Waals surface area (Å²) in [6.45, 7) is 0. The Morgan fingerprint density at radius 1 is 1.14 bits per heavy atom. The van der Waals surface area contributed by atoms with E-state index in [-0.39, 0.29) is 0 Å². The topological polar surface area (TPSA) is 66.0 Å². The standard InChI is InChI=1S/C15H12N4OS/c1-20-10-3-5-11-13(7-10)19(15(16)18-11)9-2-4-12-14(6-9)21-8-17-12/h2-8H,1H3,(H2,16,18). The van der Waals surface area contributed by atoms with Gasteiger partial charge in [0.1, 0.15) is 5.75 Å². The number of anilines is 1. The lowest BCUT2D eigenvalue weighted by Gasteiger charge is -2.07. The van der Waals surface area contributed by atoms with Crippen molar-refractivity contribution in [1.82, 2.24) is 14.5 Å². The normalized spacial score (nSPS) is 11.3. The summed E-state index contributed by atoms with van der Waals surface area (Å²) >= 11 is 1.61. The van der Waals surface area contributed by atoms with E-state index in [4.69, 9.17) is 10.5 Å². The van der Waals surface area contributed by atoms with Crippen LogP contribution in [0.3, 0.4) is 0 Å². The molecular formula is C15H12N4OS. The fourth-order valence-electron chi connectivity index (χ4n) is 2.45. The van der Waals surface area contributed by atoms with Crippen molar-refractivity contribution in [2.24, 2.45) is 0 Å². The molecule has 0 atom stereocenters. The molecule has 2 N–H and O–H groups in total. The molecule has 104 valence electrons. The van der Waals surface area contributed by atoms with Crippen LogP contribution in [0.4, 0.5) is 5.95 Å². The minimum atomic E-state index is 0.460. The number of methoxy groups -OCH3 is 1. The molecule has 5 nitrogen and oxygen atoms in total. The van der Waals surface area contributed by atoms with Crippen LogP contribution in [-0.2, 0) is 0 Å². The molecule has 6 heteroatoms. The number of hydrogen-bond acceptors (Lipinski definition) is 5. The highest BCUT2D eigenvalue weighted by molar-refractivity contribution is 7.16. The van der Waals surface area contributed by atoms with Crippen LogP contribution in [0.25, 0.3) is 26.9 Å². The van der Waals surface area contributed by atoms with Crippen molar-refractivity contribution in [3.63, 3.8) is 0 Å². The van der Waals surface area contributed by atoms with Crippen LogP contribution in [0, 0.1) is 0 Å². The molecule has 0 unspecified atom stereocenters. The second kappa shape index (κ2) is 4.46. The monoisotopic (exact) mass is 296 g/mol. The van der Waals surface area contributed by atoms with Crippen molar-refractivity contribution in [2.75, 3.05) is 12.8 Å². The van der Waals surface area contributed by atoms with E-state index in [0.717, 1.165) is 32.7 Å². The van der Waals surface area contributed by atoms with Crippen LogP contribution < -0.4 is 10.5 Å². The van der Waals surface area contributed by atoms with Crippen molar-refractivity contribution in [3.05, 3.63) is 41.9 Å². The van der Waals surface area contributed by atoms with Gasteiger partial charge in [0.25, 0.3) is 0 Å². The fourth-order valence-corrected chi connectivity index (χ4v) is 3.17. The average molecular weight is 296 g/mol. The molecule has 0 spiro atoms. The number of nitrogen functional groups attached to an aromatic ring is 1. The fraction of sp³-hybridized carbons (Fsp3) is 0.0667. The third kappa shape index (κ3) is 1.84. The Hall–Kier alpha value is -2.60. The summed E-state index contributed by atoms with van der Waals surface area (Å²) in [5.74, 6) is 1.24. The Morgan fingerprint density at radius 2 is 2.00 bits per heavy atom. The highest BCUT2D eigenvalue weighted by atomic mass is 32.1. The molecule has 4 aromatic rings. The van der Waals surface area contributed by atoms with Crippen LogP contribution in [0.5, 0.6) is 5.75 Å². The molecule has 0 aliphatic heterocycles. The first-order valence-corrected chi connectivity index (χ1v) is 7.30. The first-order chi connectivity index (χ1) is 10.3. The number of ether oxygens (including phenoxy) is 1. The number of benzene rings is 2. The molecule has 2 heterocycles. The van der Waals surface area contributed by atoms with Gasteiger partial charge in [-0.2, -0.15) is 0 Å². The molecule has 2 aromatic carbocycles. The average Bonchev–Trinajstić information content (AvgIpc) is 3.08. The first-order valence-electron chi connectivity index (χ1n) is 6.42. The van der Waals surface area contributed by atoms with E-state index in [9.17, 15) is 0 Å². The van der Waals surface area contributed by atoms with Gasteiger partial charge in [0.05, 0.1) is 39.6 Å². The van der Waals surface area contributed by atoms with Crippen LogP contribution in [0.1, 0.15) is 0 Å². The number of hydrogen-bond donors (Lipinski definition) is 1. The second-order valence-electron chi connectivity index (χ2n) is 4.66. The van der Waals surface area contributed by atoms with Crippen LogP contribution in [-0.4, -0.2) is 21.6 Å². The molecule has 0 saturated heterocycles. The highest BCUT2D eigenvalue weighted by Gasteiger charge is 2.12. The van der Waals surface area contributed by atoms with Gasteiger partial charge in [-0.1, -0.05) is 0 Å². The second-order valence-corrected chi connectivity index (χ2v) is 5.55. The van der Waals surface area contributed by atoms with Gasteiger partial charge in [-0.15, -0.1) is 11.3 Å². The third-order valence-corrected chi connectivity index (χ3v) is 4.25. The predicted octanol–water partition coefficient (Wildman–Crippen LogP) is 3.23. The van der Waals surface area contributed by atoms with Crippen LogP contribution in [0.2, 0.25) is 0 Å². The minimum absolute atomic E-state index is 0.460. The van der Waals surface area contributed by atoms with Crippen molar-refractivity contribution in [3.8, 4) is 11.4 Å². The van der Waals surface area contributed by atoms with E-state index in [1.54, 1.807) is 18.4 Å². The quantitative estimate of drug-likeness (QED) is 0.617. The van der Waals surface area contributed by atoms with Crippen LogP contribution >= 0.6 is 11.3 Å². The number of fused-ring (bicyclic) bond motifs is 2. The largest absolute Gasteiger partial charge is 0.497 e. The van der Waals surface area contributed by atoms with E-state index in [1.165, 1.54) is 0 Å². The van der Waals surface area contributed by atoms with Crippen molar-refractivity contribution >= 4 is 38.5 Å². The molecule has 0 fully saturated rings. The lowest BCUT2D eigenvalue weighted by atomic mass is 10.2. The zero-order valence-corrected chi connectivity index (χ0v) is 12.1. The number of nitrogens with zero attached hydrogens (tertiary/aromatic N) is 3. The predicted molar refractivity (Wildman–Crippen MR) is 85.2 cm³/mol. The Morgan fingerprint density at radius 3 is 2.86 bits per heavy atom. The summed E-state index contributed by atoms with van der Waals surface area (Å²) in [4.78, 5) is 8.70. The Kier molecular flexibility index (Phi) is 2.58. The SMILES string of the molecule is COc1ccc2nc(N)n(-c3ccc4ncsc4c3)c2c1. The Bertz CT molecular complexity index is 957. The molecule has 0 bridgehead atoms. The van der Waals surface area contributed by atoms with Gasteiger partial charge in [-0.3, -0.25) is 4.57 Å². The first kappa shape index (κ1) is 12.2. The molecule has 21 heavy (non-hydrogen) atoms. The van der Waals surface area contributed by atoms with E-state index in [1.807, 2.05) is 40.4 Å². The van der Waals surface area contributed by atoms with Gasteiger partial charge < -0.3 is 10.5 Å². The minimum Gasteiger partial charge on any atom is -0.497 e.